The van der Waals surface area contributed by atoms with Crippen molar-refractivity contribution >= 4 is 6.09 Å². The van der Waals surface area contributed by atoms with E-state index in [1.54, 1.807) is 0 Å². The summed E-state index contributed by atoms with van der Waals surface area (Å²) in [6.07, 6.45) is 7.02. The van der Waals surface area contributed by atoms with Gasteiger partial charge in [-0.15, -0.1) is 0 Å². The molecule has 15 heavy (non-hydrogen) atoms. The second-order valence-corrected chi connectivity index (χ2v) is 4.18. The summed E-state index contributed by atoms with van der Waals surface area (Å²) in [7, 11) is 0. The maximum Gasteiger partial charge on any atom is 0.409 e. The van der Waals surface area contributed by atoms with Gasteiger partial charge in [0.1, 0.15) is 0 Å². The Morgan fingerprint density at radius 2 is 1.93 bits per heavy atom. The van der Waals surface area contributed by atoms with Gasteiger partial charge in [-0.1, -0.05) is 26.2 Å². The third kappa shape index (κ3) is 3.73. The Balaban J connectivity index is 2.50. The van der Waals surface area contributed by atoms with Gasteiger partial charge in [0, 0.05) is 12.6 Å². The van der Waals surface area contributed by atoms with Crippen LogP contribution in [0.1, 0.15) is 52.4 Å². The average Bonchev–Trinajstić information content (AvgIpc) is 2.27. The first-order chi connectivity index (χ1) is 7.29. The van der Waals surface area contributed by atoms with Crippen LogP contribution >= 0.6 is 0 Å². The van der Waals surface area contributed by atoms with Crippen molar-refractivity contribution in [1.29, 1.82) is 0 Å². The Kier molecular flexibility index (Phi) is 5.51. The summed E-state index contributed by atoms with van der Waals surface area (Å²) >= 11 is 0. The van der Waals surface area contributed by atoms with Gasteiger partial charge in [0.25, 0.3) is 0 Å². The van der Waals surface area contributed by atoms with Crippen LogP contribution in [0.25, 0.3) is 0 Å². The summed E-state index contributed by atoms with van der Waals surface area (Å²) < 4.78 is 5.10. The Labute approximate surface area is 92.8 Å². The number of hydrogen-bond donors (Lipinski definition) is 0. The molecule has 1 aliphatic rings. The maximum atomic E-state index is 11.7. The van der Waals surface area contributed by atoms with E-state index in [0.717, 1.165) is 25.8 Å². The first-order valence-electron chi connectivity index (χ1n) is 6.23. The minimum absolute atomic E-state index is 0.119. The Morgan fingerprint density at radius 3 is 2.47 bits per heavy atom. The predicted molar refractivity (Wildman–Crippen MR) is 60.9 cm³/mol. The third-order valence-electron chi connectivity index (χ3n) is 2.98. The Bertz CT molecular complexity index is 188. The van der Waals surface area contributed by atoms with E-state index in [0.29, 0.717) is 12.6 Å². The van der Waals surface area contributed by atoms with Crippen LogP contribution in [-0.2, 0) is 4.74 Å². The molecule has 1 saturated carbocycles. The van der Waals surface area contributed by atoms with Crippen molar-refractivity contribution in [1.82, 2.24) is 4.90 Å². The number of rotatable bonds is 4. The van der Waals surface area contributed by atoms with Gasteiger partial charge < -0.3 is 9.64 Å². The zero-order valence-corrected chi connectivity index (χ0v) is 10.00. The van der Waals surface area contributed by atoms with Crippen molar-refractivity contribution in [2.45, 2.75) is 58.4 Å². The molecule has 1 aliphatic carbocycles. The highest BCUT2D eigenvalue weighted by Gasteiger charge is 2.25. The predicted octanol–water partition coefficient (Wildman–Crippen LogP) is 3.19. The molecule has 1 fully saturated rings. The van der Waals surface area contributed by atoms with E-state index in [-0.39, 0.29) is 6.09 Å². The summed E-state index contributed by atoms with van der Waals surface area (Å²) in [5.74, 6) is 0. The highest BCUT2D eigenvalue weighted by Crippen LogP contribution is 2.23. The first-order valence-corrected chi connectivity index (χ1v) is 6.23. The molecule has 0 heterocycles. The molecule has 0 unspecified atom stereocenters. The average molecular weight is 213 g/mol. The van der Waals surface area contributed by atoms with Crippen molar-refractivity contribution < 1.29 is 9.53 Å². The molecule has 1 rings (SSSR count). The largest absolute Gasteiger partial charge is 0.450 e. The number of carbonyl (C=O) groups excluding carboxylic acids is 1. The van der Waals surface area contributed by atoms with Gasteiger partial charge >= 0.3 is 6.09 Å². The topological polar surface area (TPSA) is 29.5 Å². The number of hydrogen-bond acceptors (Lipinski definition) is 2. The lowest BCUT2D eigenvalue weighted by atomic mass is 9.94. The van der Waals surface area contributed by atoms with E-state index >= 15 is 0 Å². The number of carbonyl (C=O) groups is 1. The minimum Gasteiger partial charge on any atom is -0.450 e. The monoisotopic (exact) mass is 213 g/mol. The molecule has 3 heteroatoms. The molecule has 0 aliphatic heterocycles. The Morgan fingerprint density at radius 1 is 1.27 bits per heavy atom. The molecular weight excluding hydrogens is 190 g/mol. The van der Waals surface area contributed by atoms with Crippen LogP contribution in [0.3, 0.4) is 0 Å². The molecule has 88 valence electrons. The van der Waals surface area contributed by atoms with E-state index in [1.165, 1.54) is 19.3 Å². The zero-order valence-electron chi connectivity index (χ0n) is 10.00. The van der Waals surface area contributed by atoms with Crippen molar-refractivity contribution in [3.05, 3.63) is 0 Å². The van der Waals surface area contributed by atoms with Crippen LogP contribution < -0.4 is 0 Å². The van der Waals surface area contributed by atoms with Gasteiger partial charge in [0.2, 0.25) is 0 Å². The highest BCUT2D eigenvalue weighted by atomic mass is 16.6. The molecule has 0 atom stereocenters. The number of nitrogens with zero attached hydrogens (tertiary/aromatic N) is 1. The SMILES string of the molecule is CCCN(C(=O)OCC)C1CCCCC1. The van der Waals surface area contributed by atoms with Crippen molar-refractivity contribution in [3.8, 4) is 0 Å². The Hall–Kier alpha value is -0.730. The minimum atomic E-state index is -0.119. The second-order valence-electron chi connectivity index (χ2n) is 4.18. The van der Waals surface area contributed by atoms with E-state index in [1.807, 2.05) is 11.8 Å². The normalized spacial score (nSPS) is 17.5. The summed E-state index contributed by atoms with van der Waals surface area (Å²) in [6, 6.07) is 0.428. The quantitative estimate of drug-likeness (QED) is 0.717. The molecule has 0 N–H and O–H groups in total. The second kappa shape index (κ2) is 6.70. The first kappa shape index (κ1) is 12.3. The van der Waals surface area contributed by atoms with Crippen molar-refractivity contribution in [3.63, 3.8) is 0 Å². The summed E-state index contributed by atoms with van der Waals surface area (Å²) in [5, 5.41) is 0. The van der Waals surface area contributed by atoms with E-state index in [4.69, 9.17) is 4.74 Å². The molecule has 0 radical (unpaired) electrons. The molecule has 3 nitrogen and oxygen atoms in total. The van der Waals surface area contributed by atoms with Gasteiger partial charge in [0.05, 0.1) is 6.61 Å². The van der Waals surface area contributed by atoms with Gasteiger partial charge in [-0.25, -0.2) is 4.79 Å². The van der Waals surface area contributed by atoms with Crippen molar-refractivity contribution in [2.24, 2.45) is 0 Å². The molecule has 0 bridgehead atoms. The molecule has 0 aromatic rings. The van der Waals surface area contributed by atoms with Gasteiger partial charge in [-0.3, -0.25) is 0 Å². The van der Waals surface area contributed by atoms with Crippen LogP contribution in [0.5, 0.6) is 0 Å². The summed E-state index contributed by atoms with van der Waals surface area (Å²) in [6.45, 7) is 5.28. The fourth-order valence-corrected chi connectivity index (χ4v) is 2.26. The van der Waals surface area contributed by atoms with Gasteiger partial charge in [-0.2, -0.15) is 0 Å². The zero-order chi connectivity index (χ0) is 11.1. The van der Waals surface area contributed by atoms with Crippen LogP contribution in [-0.4, -0.2) is 30.2 Å². The molecule has 0 saturated heterocycles. The molecular formula is C12H23NO2. The van der Waals surface area contributed by atoms with Gasteiger partial charge in [0.15, 0.2) is 0 Å². The summed E-state index contributed by atoms with van der Waals surface area (Å²) in [5.41, 5.74) is 0. The smallest absolute Gasteiger partial charge is 0.409 e. The lowest BCUT2D eigenvalue weighted by Gasteiger charge is -2.33. The van der Waals surface area contributed by atoms with Crippen LogP contribution in [0.15, 0.2) is 0 Å². The van der Waals surface area contributed by atoms with E-state index in [2.05, 4.69) is 6.92 Å². The van der Waals surface area contributed by atoms with E-state index < -0.39 is 0 Å². The van der Waals surface area contributed by atoms with Crippen LogP contribution in [0.2, 0.25) is 0 Å². The lowest BCUT2D eigenvalue weighted by Crippen LogP contribution is -2.42. The fourth-order valence-electron chi connectivity index (χ4n) is 2.26. The van der Waals surface area contributed by atoms with Gasteiger partial charge in [-0.05, 0) is 26.2 Å². The number of amides is 1. The molecule has 0 aromatic carbocycles. The van der Waals surface area contributed by atoms with Crippen LogP contribution in [0, 0.1) is 0 Å². The standard InChI is InChI=1S/C12H23NO2/c1-3-10-13(12(14)15-4-2)11-8-6-5-7-9-11/h11H,3-10H2,1-2H3. The van der Waals surface area contributed by atoms with Crippen molar-refractivity contribution in [2.75, 3.05) is 13.2 Å². The maximum absolute atomic E-state index is 11.7. The summed E-state index contributed by atoms with van der Waals surface area (Å²) in [4.78, 5) is 13.7. The molecule has 0 spiro atoms. The highest BCUT2D eigenvalue weighted by molar-refractivity contribution is 5.68. The number of ether oxygens (including phenoxy) is 1. The fraction of sp³-hybridized carbons (Fsp3) is 0.917. The van der Waals surface area contributed by atoms with E-state index in [9.17, 15) is 4.79 Å². The lowest BCUT2D eigenvalue weighted by molar-refractivity contribution is 0.0807. The molecule has 0 aromatic heterocycles. The third-order valence-corrected chi connectivity index (χ3v) is 2.98. The molecule has 1 amide bonds. The van der Waals surface area contributed by atoms with Crippen LogP contribution in [0.4, 0.5) is 4.79 Å².